The topological polar surface area (TPSA) is 76.7 Å². The number of carbonyl (C=O) groups is 2. The molecule has 2 N–H and O–H groups in total. The fraction of sp³-hybridized carbons (Fsp3) is 0.263. The monoisotopic (exact) mass is 360 g/mol. The molecule has 0 fully saturated rings. The Bertz CT molecular complexity index is 717. The Morgan fingerprint density at radius 1 is 0.962 bits per heavy atom. The Kier molecular flexibility index (Phi) is 7.42. The molecule has 0 unspecified atom stereocenters. The lowest BCUT2D eigenvalue weighted by atomic mass is 10.2. The van der Waals surface area contributed by atoms with E-state index < -0.39 is 0 Å². The van der Waals surface area contributed by atoms with Gasteiger partial charge in [-0.3, -0.25) is 9.59 Å². The van der Waals surface area contributed by atoms with Crippen molar-refractivity contribution < 1.29 is 23.5 Å². The van der Waals surface area contributed by atoms with Crippen molar-refractivity contribution in [1.82, 2.24) is 10.6 Å². The first-order chi connectivity index (χ1) is 12.6. The van der Waals surface area contributed by atoms with E-state index in [0.29, 0.717) is 36.6 Å². The van der Waals surface area contributed by atoms with Crippen molar-refractivity contribution >= 4 is 11.8 Å². The van der Waals surface area contributed by atoms with Gasteiger partial charge in [0.15, 0.2) is 0 Å². The Morgan fingerprint density at radius 2 is 1.62 bits per heavy atom. The molecule has 26 heavy (non-hydrogen) atoms. The third-order valence-electron chi connectivity index (χ3n) is 3.49. The molecule has 2 aromatic carbocycles. The molecule has 0 radical (unpaired) electrons. The van der Waals surface area contributed by atoms with E-state index in [9.17, 15) is 14.0 Å². The minimum Gasteiger partial charge on any atom is -0.497 e. The number of rotatable bonds is 9. The molecule has 0 saturated carbocycles. The van der Waals surface area contributed by atoms with Gasteiger partial charge in [0.25, 0.3) is 5.91 Å². The van der Waals surface area contributed by atoms with Gasteiger partial charge in [-0.15, -0.1) is 0 Å². The number of hydrogen-bond donors (Lipinski definition) is 2. The van der Waals surface area contributed by atoms with E-state index in [-0.39, 0.29) is 24.2 Å². The predicted octanol–water partition coefficient (Wildman–Crippen LogP) is 2.15. The second-order valence-corrected chi connectivity index (χ2v) is 5.42. The summed E-state index contributed by atoms with van der Waals surface area (Å²) in [5.41, 5.74) is 0.450. The standard InChI is InChI=1S/C19H21FN2O4/c1-25-16-7-3-14(4-8-16)19(24)22-13-18(23)21-11-2-12-26-17-9-5-15(20)6-10-17/h3-10H,2,11-13H2,1H3,(H,21,23)(H,22,24). The van der Waals surface area contributed by atoms with Crippen LogP contribution in [-0.4, -0.2) is 38.6 Å². The molecule has 2 aromatic rings. The quantitative estimate of drug-likeness (QED) is 0.672. The van der Waals surface area contributed by atoms with E-state index in [4.69, 9.17) is 9.47 Å². The van der Waals surface area contributed by atoms with Crippen LogP contribution in [0.15, 0.2) is 48.5 Å². The Balaban J connectivity index is 1.59. The van der Waals surface area contributed by atoms with Crippen LogP contribution in [0.2, 0.25) is 0 Å². The minimum atomic E-state index is -0.331. The van der Waals surface area contributed by atoms with Crippen LogP contribution in [0.1, 0.15) is 16.8 Å². The van der Waals surface area contributed by atoms with Gasteiger partial charge in [-0.1, -0.05) is 0 Å². The Labute approximate surface area is 151 Å². The summed E-state index contributed by atoms with van der Waals surface area (Å²) >= 11 is 0. The number of benzene rings is 2. The number of methoxy groups -OCH3 is 1. The van der Waals surface area contributed by atoms with Crippen molar-refractivity contribution in [2.75, 3.05) is 26.8 Å². The third kappa shape index (κ3) is 6.43. The molecule has 0 aromatic heterocycles. The van der Waals surface area contributed by atoms with E-state index in [0.717, 1.165) is 0 Å². The number of carbonyl (C=O) groups excluding carboxylic acids is 2. The molecular weight excluding hydrogens is 339 g/mol. The van der Waals surface area contributed by atoms with Gasteiger partial charge in [-0.05, 0) is 55.0 Å². The average molecular weight is 360 g/mol. The molecule has 0 aliphatic heterocycles. The summed E-state index contributed by atoms with van der Waals surface area (Å²) in [5, 5.41) is 5.24. The fourth-order valence-electron chi connectivity index (χ4n) is 2.09. The van der Waals surface area contributed by atoms with Crippen LogP contribution in [0.25, 0.3) is 0 Å². The van der Waals surface area contributed by atoms with E-state index in [2.05, 4.69) is 10.6 Å². The normalized spacial score (nSPS) is 10.1. The van der Waals surface area contributed by atoms with Crippen molar-refractivity contribution in [2.45, 2.75) is 6.42 Å². The highest BCUT2D eigenvalue weighted by molar-refractivity contribution is 5.96. The van der Waals surface area contributed by atoms with E-state index >= 15 is 0 Å². The first-order valence-corrected chi connectivity index (χ1v) is 8.16. The molecule has 0 bridgehead atoms. The van der Waals surface area contributed by atoms with Crippen LogP contribution in [0.4, 0.5) is 4.39 Å². The minimum absolute atomic E-state index is 0.107. The zero-order valence-electron chi connectivity index (χ0n) is 14.5. The van der Waals surface area contributed by atoms with Crippen molar-refractivity contribution in [3.8, 4) is 11.5 Å². The average Bonchev–Trinajstić information content (AvgIpc) is 2.67. The van der Waals surface area contributed by atoms with Crippen molar-refractivity contribution in [3.05, 3.63) is 59.9 Å². The van der Waals surface area contributed by atoms with Crippen LogP contribution >= 0.6 is 0 Å². The number of amides is 2. The summed E-state index contributed by atoms with van der Waals surface area (Å²) in [7, 11) is 1.55. The molecule has 0 atom stereocenters. The van der Waals surface area contributed by atoms with Crippen molar-refractivity contribution in [1.29, 1.82) is 0 Å². The summed E-state index contributed by atoms with van der Waals surface area (Å²) in [4.78, 5) is 23.6. The molecule has 7 heteroatoms. The highest BCUT2D eigenvalue weighted by Gasteiger charge is 2.08. The Hall–Kier alpha value is -3.09. The van der Waals surface area contributed by atoms with Crippen LogP contribution in [0.5, 0.6) is 11.5 Å². The first-order valence-electron chi connectivity index (χ1n) is 8.16. The molecule has 6 nitrogen and oxygen atoms in total. The van der Waals surface area contributed by atoms with Gasteiger partial charge in [0.05, 0.1) is 20.3 Å². The maximum absolute atomic E-state index is 12.8. The van der Waals surface area contributed by atoms with E-state index in [1.165, 1.54) is 12.1 Å². The highest BCUT2D eigenvalue weighted by Crippen LogP contribution is 2.11. The number of halogens is 1. The van der Waals surface area contributed by atoms with Crippen molar-refractivity contribution in [3.63, 3.8) is 0 Å². The molecule has 2 rings (SSSR count). The summed E-state index contributed by atoms with van der Waals surface area (Å²) in [6.07, 6.45) is 0.593. The van der Waals surface area contributed by atoms with Gasteiger partial charge in [0.2, 0.25) is 5.91 Å². The number of ether oxygens (including phenoxy) is 2. The molecule has 0 aliphatic rings. The molecule has 138 valence electrons. The molecule has 2 amide bonds. The van der Waals surface area contributed by atoms with Gasteiger partial charge in [-0.2, -0.15) is 0 Å². The van der Waals surface area contributed by atoms with Crippen molar-refractivity contribution in [2.24, 2.45) is 0 Å². The zero-order valence-corrected chi connectivity index (χ0v) is 14.5. The second-order valence-electron chi connectivity index (χ2n) is 5.42. The summed E-state index contributed by atoms with van der Waals surface area (Å²) in [6.45, 7) is 0.701. The van der Waals surface area contributed by atoms with Crippen LogP contribution < -0.4 is 20.1 Å². The smallest absolute Gasteiger partial charge is 0.251 e. The second kappa shape index (κ2) is 10.0. The summed E-state index contributed by atoms with van der Waals surface area (Å²) in [5.74, 6) is 0.295. The lowest BCUT2D eigenvalue weighted by Crippen LogP contribution is -2.37. The molecule has 0 heterocycles. The molecule has 0 spiro atoms. The number of hydrogen-bond acceptors (Lipinski definition) is 4. The number of nitrogens with one attached hydrogen (secondary N) is 2. The lowest BCUT2D eigenvalue weighted by Gasteiger charge is -2.08. The first kappa shape index (κ1) is 19.2. The fourth-order valence-corrected chi connectivity index (χ4v) is 2.09. The lowest BCUT2D eigenvalue weighted by molar-refractivity contribution is -0.120. The predicted molar refractivity (Wildman–Crippen MR) is 94.8 cm³/mol. The SMILES string of the molecule is COc1ccc(C(=O)NCC(=O)NCCCOc2ccc(F)cc2)cc1. The maximum atomic E-state index is 12.8. The molecule has 0 aliphatic carbocycles. The van der Waals surface area contributed by atoms with Gasteiger partial charge < -0.3 is 20.1 Å². The summed E-state index contributed by atoms with van der Waals surface area (Å²) < 4.78 is 23.2. The third-order valence-corrected chi connectivity index (χ3v) is 3.49. The highest BCUT2D eigenvalue weighted by atomic mass is 19.1. The molecule has 0 saturated heterocycles. The van der Waals surface area contributed by atoms with Crippen LogP contribution in [-0.2, 0) is 4.79 Å². The van der Waals surface area contributed by atoms with E-state index in [1.807, 2.05) is 0 Å². The molecular formula is C19H21FN2O4. The maximum Gasteiger partial charge on any atom is 0.251 e. The van der Waals surface area contributed by atoms with Gasteiger partial charge in [0, 0.05) is 12.1 Å². The Morgan fingerprint density at radius 3 is 2.27 bits per heavy atom. The van der Waals surface area contributed by atoms with Crippen LogP contribution in [0.3, 0.4) is 0 Å². The summed E-state index contributed by atoms with van der Waals surface area (Å²) in [6, 6.07) is 12.3. The van der Waals surface area contributed by atoms with Gasteiger partial charge in [0.1, 0.15) is 17.3 Å². The van der Waals surface area contributed by atoms with Gasteiger partial charge >= 0.3 is 0 Å². The van der Waals surface area contributed by atoms with Crippen LogP contribution in [0, 0.1) is 5.82 Å². The van der Waals surface area contributed by atoms with Gasteiger partial charge in [-0.25, -0.2) is 4.39 Å². The largest absolute Gasteiger partial charge is 0.497 e. The zero-order chi connectivity index (χ0) is 18.8. The van der Waals surface area contributed by atoms with E-state index in [1.54, 1.807) is 43.5 Å².